The molecule has 6 heteroatoms. The van der Waals surface area contributed by atoms with Crippen LogP contribution in [0.25, 0.3) is 0 Å². The number of aryl methyl sites for hydroxylation is 2. The Hall–Kier alpha value is -2.86. The average molecular weight is 397 g/mol. The first kappa shape index (κ1) is 19.9. The van der Waals surface area contributed by atoms with Gasteiger partial charge in [0.15, 0.2) is 0 Å². The third kappa shape index (κ3) is 5.10. The van der Waals surface area contributed by atoms with E-state index in [2.05, 4.69) is 16.4 Å². The van der Waals surface area contributed by atoms with Crippen LogP contribution in [0.5, 0.6) is 11.5 Å². The number of hydrogen-bond acceptors (Lipinski definition) is 5. The smallest absolute Gasteiger partial charge is 0.255 e. The first-order valence-electron chi connectivity index (χ1n) is 9.11. The van der Waals surface area contributed by atoms with Crippen LogP contribution < -0.4 is 14.8 Å². The molecule has 2 aromatic carbocycles. The molecule has 146 valence electrons. The van der Waals surface area contributed by atoms with Gasteiger partial charge in [-0.15, -0.1) is 11.3 Å². The van der Waals surface area contributed by atoms with Gasteiger partial charge in [0.1, 0.15) is 18.1 Å². The van der Waals surface area contributed by atoms with Crippen molar-refractivity contribution in [3.05, 3.63) is 75.2 Å². The number of methoxy groups -OCH3 is 1. The molecule has 0 atom stereocenters. The number of para-hydroxylation sites is 1. The highest BCUT2D eigenvalue weighted by molar-refractivity contribution is 7.09. The number of rotatable bonds is 8. The molecule has 0 saturated heterocycles. The lowest BCUT2D eigenvalue weighted by Gasteiger charge is -2.12. The van der Waals surface area contributed by atoms with Crippen LogP contribution in [-0.2, 0) is 13.0 Å². The van der Waals surface area contributed by atoms with E-state index in [1.54, 1.807) is 30.6 Å². The minimum atomic E-state index is -0.156. The minimum absolute atomic E-state index is 0.156. The molecule has 3 rings (SSSR count). The largest absolute Gasteiger partial charge is 0.496 e. The molecule has 0 bridgehead atoms. The maximum Gasteiger partial charge on any atom is 0.255 e. The van der Waals surface area contributed by atoms with E-state index < -0.39 is 0 Å². The molecule has 0 spiro atoms. The third-order valence-corrected chi connectivity index (χ3v) is 5.11. The van der Waals surface area contributed by atoms with Crippen LogP contribution >= 0.6 is 11.3 Å². The van der Waals surface area contributed by atoms with Crippen LogP contribution in [0.4, 0.5) is 0 Å². The van der Waals surface area contributed by atoms with Gasteiger partial charge >= 0.3 is 0 Å². The van der Waals surface area contributed by atoms with Gasteiger partial charge in [0.2, 0.25) is 0 Å². The molecule has 0 aliphatic carbocycles. The topological polar surface area (TPSA) is 60.5 Å². The Bertz CT molecular complexity index is 952. The Balaban J connectivity index is 1.61. The molecule has 0 aliphatic heterocycles. The summed E-state index contributed by atoms with van der Waals surface area (Å²) >= 11 is 1.58. The second kappa shape index (κ2) is 9.37. The number of carbonyl (C=O) groups excluding carboxylic acids is 1. The number of nitrogens with one attached hydrogen (secondary N) is 1. The Morgan fingerprint density at radius 1 is 1.14 bits per heavy atom. The van der Waals surface area contributed by atoms with Crippen LogP contribution in [0, 0.1) is 13.8 Å². The maximum absolute atomic E-state index is 12.7. The lowest BCUT2D eigenvalue weighted by Crippen LogP contribution is -2.26. The van der Waals surface area contributed by atoms with Crippen molar-refractivity contribution in [2.24, 2.45) is 0 Å². The second-order valence-corrected chi connectivity index (χ2v) is 7.53. The SMILES string of the molecule is COc1ccc(C)cc1CCNC(=O)c1ccccc1OCc1csc(C)n1. The number of carbonyl (C=O) groups is 1. The molecule has 0 fully saturated rings. The molecule has 1 N–H and O–H groups in total. The summed E-state index contributed by atoms with van der Waals surface area (Å²) in [5.41, 5.74) is 3.62. The highest BCUT2D eigenvalue weighted by atomic mass is 32.1. The number of nitrogens with zero attached hydrogens (tertiary/aromatic N) is 1. The van der Waals surface area contributed by atoms with E-state index in [1.165, 1.54) is 0 Å². The highest BCUT2D eigenvalue weighted by Gasteiger charge is 2.13. The molecule has 3 aromatic rings. The Morgan fingerprint density at radius 2 is 1.96 bits per heavy atom. The lowest BCUT2D eigenvalue weighted by molar-refractivity contribution is 0.0949. The van der Waals surface area contributed by atoms with Crippen molar-refractivity contribution in [3.63, 3.8) is 0 Å². The number of aromatic nitrogens is 1. The van der Waals surface area contributed by atoms with Crippen LogP contribution in [-0.4, -0.2) is 24.5 Å². The summed E-state index contributed by atoms with van der Waals surface area (Å²) in [5, 5.41) is 5.93. The van der Waals surface area contributed by atoms with Crippen LogP contribution in [0.15, 0.2) is 47.8 Å². The first-order chi connectivity index (χ1) is 13.6. The van der Waals surface area contributed by atoms with E-state index in [-0.39, 0.29) is 5.91 Å². The monoisotopic (exact) mass is 396 g/mol. The highest BCUT2D eigenvalue weighted by Crippen LogP contribution is 2.21. The zero-order valence-corrected chi connectivity index (χ0v) is 17.1. The van der Waals surface area contributed by atoms with Crippen molar-refractivity contribution >= 4 is 17.2 Å². The summed E-state index contributed by atoms with van der Waals surface area (Å²) < 4.78 is 11.2. The van der Waals surface area contributed by atoms with E-state index in [9.17, 15) is 4.79 Å². The number of ether oxygens (including phenoxy) is 2. The molecule has 0 aliphatic rings. The molecule has 1 aromatic heterocycles. The zero-order chi connectivity index (χ0) is 19.9. The van der Waals surface area contributed by atoms with Gasteiger partial charge in [0.25, 0.3) is 5.91 Å². The van der Waals surface area contributed by atoms with E-state index in [1.807, 2.05) is 43.5 Å². The van der Waals surface area contributed by atoms with E-state index in [0.717, 1.165) is 27.6 Å². The van der Waals surface area contributed by atoms with Crippen molar-refractivity contribution < 1.29 is 14.3 Å². The van der Waals surface area contributed by atoms with Crippen molar-refractivity contribution in [2.45, 2.75) is 26.9 Å². The number of benzene rings is 2. The Kier molecular flexibility index (Phi) is 6.66. The standard InChI is InChI=1S/C22H24N2O3S/c1-15-8-9-20(26-3)17(12-15)10-11-23-22(25)19-6-4-5-7-21(19)27-13-18-14-28-16(2)24-18/h4-9,12,14H,10-11,13H2,1-3H3,(H,23,25). The van der Waals surface area contributed by atoms with Gasteiger partial charge in [0, 0.05) is 11.9 Å². The van der Waals surface area contributed by atoms with E-state index in [0.29, 0.717) is 30.9 Å². The quantitative estimate of drug-likeness (QED) is 0.616. The van der Waals surface area contributed by atoms with Crippen LogP contribution in [0.3, 0.4) is 0 Å². The summed E-state index contributed by atoms with van der Waals surface area (Å²) in [4.78, 5) is 17.0. The summed E-state index contributed by atoms with van der Waals surface area (Å²) in [6.07, 6.45) is 0.692. The van der Waals surface area contributed by atoms with Crippen molar-refractivity contribution in [3.8, 4) is 11.5 Å². The average Bonchev–Trinajstić information content (AvgIpc) is 3.12. The number of hydrogen-bond donors (Lipinski definition) is 1. The Labute approximate surface area is 169 Å². The van der Waals surface area contributed by atoms with Gasteiger partial charge in [-0.25, -0.2) is 4.98 Å². The Morgan fingerprint density at radius 3 is 2.71 bits per heavy atom. The van der Waals surface area contributed by atoms with Gasteiger partial charge in [0.05, 0.1) is 23.4 Å². The molecule has 0 radical (unpaired) electrons. The predicted octanol–water partition coefficient (Wildman–Crippen LogP) is 4.32. The minimum Gasteiger partial charge on any atom is -0.496 e. The molecular weight excluding hydrogens is 372 g/mol. The first-order valence-corrected chi connectivity index (χ1v) is 9.99. The molecule has 0 unspecified atom stereocenters. The van der Waals surface area contributed by atoms with Crippen molar-refractivity contribution in [2.75, 3.05) is 13.7 Å². The fourth-order valence-electron chi connectivity index (χ4n) is 2.91. The normalized spacial score (nSPS) is 10.5. The molecule has 1 amide bonds. The second-order valence-electron chi connectivity index (χ2n) is 6.46. The van der Waals surface area contributed by atoms with Gasteiger partial charge in [-0.3, -0.25) is 4.79 Å². The summed E-state index contributed by atoms with van der Waals surface area (Å²) in [5.74, 6) is 1.23. The zero-order valence-electron chi connectivity index (χ0n) is 16.3. The molecule has 1 heterocycles. The van der Waals surface area contributed by atoms with Gasteiger partial charge in [-0.05, 0) is 44.0 Å². The molecule has 0 saturated carbocycles. The molecule has 28 heavy (non-hydrogen) atoms. The van der Waals surface area contributed by atoms with Crippen LogP contribution in [0.2, 0.25) is 0 Å². The fraction of sp³-hybridized carbons (Fsp3) is 0.273. The van der Waals surface area contributed by atoms with Gasteiger partial charge in [-0.2, -0.15) is 0 Å². The third-order valence-electron chi connectivity index (χ3n) is 4.29. The lowest BCUT2D eigenvalue weighted by atomic mass is 10.1. The summed E-state index contributed by atoms with van der Waals surface area (Å²) in [6, 6.07) is 13.3. The van der Waals surface area contributed by atoms with E-state index >= 15 is 0 Å². The van der Waals surface area contributed by atoms with Crippen LogP contribution in [0.1, 0.15) is 32.2 Å². The summed E-state index contributed by atoms with van der Waals surface area (Å²) in [7, 11) is 1.66. The summed E-state index contributed by atoms with van der Waals surface area (Å²) in [6.45, 7) is 4.85. The van der Waals surface area contributed by atoms with Crippen molar-refractivity contribution in [1.82, 2.24) is 10.3 Å². The predicted molar refractivity (Wildman–Crippen MR) is 111 cm³/mol. The van der Waals surface area contributed by atoms with Gasteiger partial charge < -0.3 is 14.8 Å². The number of thiazole rings is 1. The van der Waals surface area contributed by atoms with Gasteiger partial charge in [-0.1, -0.05) is 29.8 Å². The van der Waals surface area contributed by atoms with E-state index in [4.69, 9.17) is 9.47 Å². The molecular formula is C22H24N2O3S. The molecule has 5 nitrogen and oxygen atoms in total. The van der Waals surface area contributed by atoms with Crippen molar-refractivity contribution in [1.29, 1.82) is 0 Å². The fourth-order valence-corrected chi connectivity index (χ4v) is 3.51. The maximum atomic E-state index is 12.7. The number of amides is 1.